The Morgan fingerprint density at radius 1 is 0.842 bits per heavy atom. The number of hydrogen-bond acceptors (Lipinski definition) is 1. The SMILES string of the molecule is C1CCOC1.Cc1c(F)c(F)c(F)c(F)c1C(F)F. The summed E-state index contributed by atoms with van der Waals surface area (Å²) in [5.41, 5.74) is -2.36. The van der Waals surface area contributed by atoms with Gasteiger partial charge >= 0.3 is 0 Å². The van der Waals surface area contributed by atoms with Crippen LogP contribution in [-0.2, 0) is 4.74 Å². The molecular formula is C12H12F6O. The molecule has 0 aliphatic carbocycles. The zero-order valence-electron chi connectivity index (χ0n) is 10.1. The minimum atomic E-state index is -3.39. The molecule has 7 heteroatoms. The van der Waals surface area contributed by atoms with Gasteiger partial charge < -0.3 is 4.74 Å². The predicted octanol–water partition coefficient (Wildman–Crippen LogP) is 4.29. The van der Waals surface area contributed by atoms with Gasteiger partial charge in [0.2, 0.25) is 0 Å². The molecule has 108 valence electrons. The highest BCUT2D eigenvalue weighted by Gasteiger charge is 2.27. The Morgan fingerprint density at radius 2 is 1.32 bits per heavy atom. The van der Waals surface area contributed by atoms with Crippen molar-refractivity contribution in [2.45, 2.75) is 26.2 Å². The molecule has 0 N–H and O–H groups in total. The summed E-state index contributed by atoms with van der Waals surface area (Å²) >= 11 is 0. The maximum atomic E-state index is 12.7. The van der Waals surface area contributed by atoms with Gasteiger partial charge in [-0.25, -0.2) is 26.3 Å². The van der Waals surface area contributed by atoms with Crippen LogP contribution in [0.4, 0.5) is 26.3 Å². The van der Waals surface area contributed by atoms with Crippen LogP contribution in [0.25, 0.3) is 0 Å². The lowest BCUT2D eigenvalue weighted by Crippen LogP contribution is -2.06. The Hall–Kier alpha value is -1.24. The number of rotatable bonds is 1. The van der Waals surface area contributed by atoms with Crippen molar-refractivity contribution in [3.63, 3.8) is 0 Å². The van der Waals surface area contributed by atoms with Crippen LogP contribution in [0.15, 0.2) is 0 Å². The molecule has 0 saturated carbocycles. The Kier molecular flexibility index (Phi) is 5.65. The van der Waals surface area contributed by atoms with Gasteiger partial charge in [0.1, 0.15) is 0 Å². The maximum absolute atomic E-state index is 12.7. The van der Waals surface area contributed by atoms with Gasteiger partial charge in [-0.15, -0.1) is 0 Å². The summed E-state index contributed by atoms with van der Waals surface area (Å²) in [5.74, 6) is -8.14. The smallest absolute Gasteiger partial charge is 0.267 e. The largest absolute Gasteiger partial charge is 0.381 e. The first-order valence-corrected chi connectivity index (χ1v) is 5.56. The predicted molar refractivity (Wildman–Crippen MR) is 56.0 cm³/mol. The second-order valence-corrected chi connectivity index (χ2v) is 3.91. The Balaban J connectivity index is 0.000000300. The molecule has 1 saturated heterocycles. The van der Waals surface area contributed by atoms with Gasteiger partial charge in [0.05, 0.1) is 5.56 Å². The number of ether oxygens (including phenoxy) is 1. The molecule has 1 nitrogen and oxygen atoms in total. The van der Waals surface area contributed by atoms with Crippen LogP contribution in [0.1, 0.15) is 30.4 Å². The first-order valence-electron chi connectivity index (χ1n) is 5.56. The summed E-state index contributed by atoms with van der Waals surface area (Å²) in [6, 6.07) is 0. The molecule has 0 aromatic heterocycles. The maximum Gasteiger partial charge on any atom is 0.267 e. The molecule has 1 aromatic carbocycles. The van der Waals surface area contributed by atoms with Crippen molar-refractivity contribution in [3.05, 3.63) is 34.4 Å². The zero-order chi connectivity index (χ0) is 14.6. The molecule has 0 unspecified atom stereocenters. The van der Waals surface area contributed by atoms with Crippen LogP contribution >= 0.6 is 0 Å². The van der Waals surface area contributed by atoms with Gasteiger partial charge in [-0.3, -0.25) is 0 Å². The molecule has 1 aromatic rings. The van der Waals surface area contributed by atoms with E-state index < -0.39 is 40.8 Å². The fourth-order valence-electron chi connectivity index (χ4n) is 1.53. The van der Waals surface area contributed by atoms with Gasteiger partial charge in [-0.2, -0.15) is 0 Å². The summed E-state index contributed by atoms with van der Waals surface area (Å²) in [6.45, 7) is 2.75. The molecule has 0 bridgehead atoms. The monoisotopic (exact) mass is 286 g/mol. The van der Waals surface area contributed by atoms with Crippen LogP contribution in [-0.4, -0.2) is 13.2 Å². The van der Waals surface area contributed by atoms with E-state index in [4.69, 9.17) is 4.74 Å². The first kappa shape index (κ1) is 15.8. The Morgan fingerprint density at radius 3 is 1.68 bits per heavy atom. The molecule has 0 spiro atoms. The lowest BCUT2D eigenvalue weighted by atomic mass is 10.1. The van der Waals surface area contributed by atoms with Crippen molar-refractivity contribution < 1.29 is 31.1 Å². The van der Waals surface area contributed by atoms with Gasteiger partial charge in [0.15, 0.2) is 23.3 Å². The molecule has 1 aliphatic heterocycles. The average Bonchev–Trinajstić information content (AvgIpc) is 2.93. The molecule has 0 amide bonds. The van der Waals surface area contributed by atoms with E-state index in [0.29, 0.717) is 0 Å². The first-order chi connectivity index (χ1) is 8.87. The highest BCUT2D eigenvalue weighted by Crippen LogP contribution is 2.30. The summed E-state index contributed by atoms with van der Waals surface area (Å²) in [4.78, 5) is 0. The minimum Gasteiger partial charge on any atom is -0.381 e. The lowest BCUT2D eigenvalue weighted by Gasteiger charge is -2.08. The second-order valence-electron chi connectivity index (χ2n) is 3.91. The minimum absolute atomic E-state index is 0.752. The third-order valence-corrected chi connectivity index (χ3v) is 2.59. The second kappa shape index (κ2) is 6.79. The van der Waals surface area contributed by atoms with Crippen molar-refractivity contribution in [1.29, 1.82) is 0 Å². The van der Waals surface area contributed by atoms with Crippen LogP contribution in [0.5, 0.6) is 0 Å². The molecular weight excluding hydrogens is 274 g/mol. The molecule has 1 fully saturated rings. The fourth-order valence-corrected chi connectivity index (χ4v) is 1.53. The summed E-state index contributed by atoms with van der Waals surface area (Å²) in [7, 11) is 0. The number of alkyl halides is 2. The van der Waals surface area contributed by atoms with Crippen LogP contribution in [0, 0.1) is 30.2 Å². The lowest BCUT2D eigenvalue weighted by molar-refractivity contribution is 0.142. The molecule has 0 radical (unpaired) electrons. The van der Waals surface area contributed by atoms with E-state index >= 15 is 0 Å². The molecule has 1 aliphatic rings. The van der Waals surface area contributed by atoms with Crippen LogP contribution in [0.3, 0.4) is 0 Å². The average molecular weight is 286 g/mol. The number of hydrogen-bond donors (Lipinski definition) is 0. The van der Waals surface area contributed by atoms with E-state index in [1.165, 1.54) is 12.8 Å². The van der Waals surface area contributed by atoms with Crippen LogP contribution < -0.4 is 0 Å². The Labute approximate surface area is 106 Å². The molecule has 0 atom stereocenters. The number of benzene rings is 1. The van der Waals surface area contributed by atoms with E-state index in [1.54, 1.807) is 0 Å². The zero-order valence-corrected chi connectivity index (χ0v) is 10.1. The van der Waals surface area contributed by atoms with Crippen molar-refractivity contribution in [3.8, 4) is 0 Å². The molecule has 2 rings (SSSR count). The topological polar surface area (TPSA) is 9.23 Å². The van der Waals surface area contributed by atoms with Crippen LogP contribution in [0.2, 0.25) is 0 Å². The summed E-state index contributed by atoms with van der Waals surface area (Å²) in [6.07, 6.45) is -0.834. The van der Waals surface area contributed by atoms with Crippen molar-refractivity contribution in [1.82, 2.24) is 0 Å². The van der Waals surface area contributed by atoms with Crippen molar-refractivity contribution in [2.24, 2.45) is 0 Å². The highest BCUT2D eigenvalue weighted by atomic mass is 19.3. The summed E-state index contributed by atoms with van der Waals surface area (Å²) < 4.78 is 79.4. The van der Waals surface area contributed by atoms with E-state index in [2.05, 4.69) is 0 Å². The summed E-state index contributed by atoms with van der Waals surface area (Å²) in [5, 5.41) is 0. The fraction of sp³-hybridized carbons (Fsp3) is 0.500. The van der Waals surface area contributed by atoms with Gasteiger partial charge in [-0.05, 0) is 25.3 Å². The standard InChI is InChI=1S/C8H4F6.C4H8O/c1-2-3(8(13)14)5(10)7(12)6(11)4(2)9;1-2-4-5-3-1/h8H,1H3;1-4H2. The normalized spacial score (nSPS) is 14.5. The third-order valence-electron chi connectivity index (χ3n) is 2.59. The highest BCUT2D eigenvalue weighted by molar-refractivity contribution is 5.31. The van der Waals surface area contributed by atoms with E-state index in [1.807, 2.05) is 0 Å². The van der Waals surface area contributed by atoms with Gasteiger partial charge in [-0.1, -0.05) is 0 Å². The quantitative estimate of drug-likeness (QED) is 0.425. The van der Waals surface area contributed by atoms with Crippen molar-refractivity contribution >= 4 is 0 Å². The van der Waals surface area contributed by atoms with E-state index in [0.717, 1.165) is 20.1 Å². The third kappa shape index (κ3) is 3.62. The Bertz CT molecular complexity index is 406. The van der Waals surface area contributed by atoms with E-state index in [9.17, 15) is 26.3 Å². The van der Waals surface area contributed by atoms with Gasteiger partial charge in [0, 0.05) is 13.2 Å². The van der Waals surface area contributed by atoms with Crippen molar-refractivity contribution in [2.75, 3.05) is 13.2 Å². The molecule has 19 heavy (non-hydrogen) atoms. The van der Waals surface area contributed by atoms with Gasteiger partial charge in [0.25, 0.3) is 6.43 Å². The molecule has 1 heterocycles. The van der Waals surface area contributed by atoms with E-state index in [-0.39, 0.29) is 0 Å². The number of halogens is 6.